The van der Waals surface area contributed by atoms with E-state index in [9.17, 15) is 4.79 Å². The number of carbonyl (C=O) groups excluding carboxylic acids is 1. The highest BCUT2D eigenvalue weighted by Gasteiger charge is 2.47. The van der Waals surface area contributed by atoms with Gasteiger partial charge in [0, 0.05) is 30.5 Å². The predicted octanol–water partition coefficient (Wildman–Crippen LogP) is 3.15. The van der Waals surface area contributed by atoms with Gasteiger partial charge in [-0.15, -0.1) is 0 Å². The number of nitrogens with zero attached hydrogens (tertiary/aromatic N) is 1. The van der Waals surface area contributed by atoms with E-state index in [-0.39, 0.29) is 17.6 Å². The van der Waals surface area contributed by atoms with Crippen LogP contribution in [0.3, 0.4) is 0 Å². The van der Waals surface area contributed by atoms with Crippen LogP contribution in [0.1, 0.15) is 35.9 Å². The Morgan fingerprint density at radius 1 is 1.42 bits per heavy atom. The molecule has 0 unspecified atom stereocenters. The standard InChI is InChI=1S/C19H23NO4/c1-3-22-14-10-19(23-11-14)8-9-20(12-19)18(21)17-13(2)15-6-4-5-7-16(15)24-17/h4-7,14H,3,8-12H2,1-2H3/t14-,19-/m0/s1. The van der Waals surface area contributed by atoms with Crippen LogP contribution in [0.15, 0.2) is 28.7 Å². The maximum absolute atomic E-state index is 12.9. The molecule has 1 spiro atoms. The average Bonchev–Trinajstić information content (AvgIpc) is 3.27. The van der Waals surface area contributed by atoms with Crippen molar-refractivity contribution in [2.75, 3.05) is 26.3 Å². The van der Waals surface area contributed by atoms with Crippen molar-refractivity contribution in [1.29, 1.82) is 0 Å². The Hall–Kier alpha value is -1.85. The van der Waals surface area contributed by atoms with E-state index in [1.54, 1.807) is 0 Å². The molecule has 128 valence electrons. The normalized spacial score (nSPS) is 26.8. The van der Waals surface area contributed by atoms with Crippen LogP contribution in [-0.4, -0.2) is 48.8 Å². The van der Waals surface area contributed by atoms with Crippen LogP contribution < -0.4 is 0 Å². The van der Waals surface area contributed by atoms with Gasteiger partial charge in [-0.1, -0.05) is 18.2 Å². The topological polar surface area (TPSA) is 51.9 Å². The molecule has 2 fully saturated rings. The van der Waals surface area contributed by atoms with Gasteiger partial charge in [0.15, 0.2) is 5.76 Å². The summed E-state index contributed by atoms with van der Waals surface area (Å²) in [6, 6.07) is 7.77. The zero-order chi connectivity index (χ0) is 16.7. The molecule has 5 nitrogen and oxygen atoms in total. The molecule has 2 aliphatic heterocycles. The smallest absolute Gasteiger partial charge is 0.289 e. The minimum Gasteiger partial charge on any atom is -0.451 e. The maximum Gasteiger partial charge on any atom is 0.289 e. The van der Waals surface area contributed by atoms with Gasteiger partial charge in [0.2, 0.25) is 0 Å². The summed E-state index contributed by atoms with van der Waals surface area (Å²) in [7, 11) is 0. The molecule has 1 aromatic heterocycles. The molecule has 0 N–H and O–H groups in total. The van der Waals surface area contributed by atoms with Gasteiger partial charge < -0.3 is 18.8 Å². The molecule has 5 heteroatoms. The fraction of sp³-hybridized carbons (Fsp3) is 0.526. The third-order valence-electron chi connectivity index (χ3n) is 5.22. The molecular formula is C19H23NO4. The summed E-state index contributed by atoms with van der Waals surface area (Å²) in [6.07, 6.45) is 1.88. The second-order valence-electron chi connectivity index (χ2n) is 6.80. The predicted molar refractivity (Wildman–Crippen MR) is 90.2 cm³/mol. The summed E-state index contributed by atoms with van der Waals surface area (Å²) >= 11 is 0. The lowest BCUT2D eigenvalue weighted by atomic mass is 9.98. The van der Waals surface area contributed by atoms with Crippen LogP contribution >= 0.6 is 0 Å². The van der Waals surface area contributed by atoms with Gasteiger partial charge >= 0.3 is 0 Å². The molecular weight excluding hydrogens is 306 g/mol. The highest BCUT2D eigenvalue weighted by molar-refractivity contribution is 5.99. The number of hydrogen-bond acceptors (Lipinski definition) is 4. The van der Waals surface area contributed by atoms with E-state index in [0.717, 1.165) is 29.4 Å². The highest BCUT2D eigenvalue weighted by atomic mass is 16.6. The number of hydrogen-bond donors (Lipinski definition) is 0. The zero-order valence-electron chi connectivity index (χ0n) is 14.2. The third kappa shape index (κ3) is 2.52. The lowest BCUT2D eigenvalue weighted by Crippen LogP contribution is -2.36. The van der Waals surface area contributed by atoms with Crippen molar-refractivity contribution in [3.8, 4) is 0 Å². The second-order valence-corrected chi connectivity index (χ2v) is 6.80. The van der Waals surface area contributed by atoms with Crippen molar-refractivity contribution in [2.45, 2.75) is 38.4 Å². The fourth-order valence-electron chi connectivity index (χ4n) is 3.97. The van der Waals surface area contributed by atoms with Gasteiger partial charge in [-0.3, -0.25) is 4.79 Å². The van der Waals surface area contributed by atoms with E-state index in [4.69, 9.17) is 13.9 Å². The summed E-state index contributed by atoms with van der Waals surface area (Å²) < 4.78 is 17.5. The Labute approximate surface area is 141 Å². The minimum absolute atomic E-state index is 0.0379. The number of carbonyl (C=O) groups is 1. The Morgan fingerprint density at radius 3 is 3.04 bits per heavy atom. The summed E-state index contributed by atoms with van der Waals surface area (Å²) in [4.78, 5) is 14.8. The van der Waals surface area contributed by atoms with E-state index in [2.05, 4.69) is 0 Å². The first kappa shape index (κ1) is 15.7. The van der Waals surface area contributed by atoms with Gasteiger partial charge in [-0.2, -0.15) is 0 Å². The summed E-state index contributed by atoms with van der Waals surface area (Å²) in [6.45, 7) is 6.59. The molecule has 24 heavy (non-hydrogen) atoms. The number of aryl methyl sites for hydroxylation is 1. The summed E-state index contributed by atoms with van der Waals surface area (Å²) in [5, 5.41) is 1.00. The molecule has 2 aromatic rings. The Kier molecular flexibility index (Phi) is 3.85. The zero-order valence-corrected chi connectivity index (χ0v) is 14.2. The van der Waals surface area contributed by atoms with Crippen LogP contribution in [0.25, 0.3) is 11.0 Å². The van der Waals surface area contributed by atoms with Crippen molar-refractivity contribution in [3.05, 3.63) is 35.6 Å². The highest BCUT2D eigenvalue weighted by Crippen LogP contribution is 2.37. The Balaban J connectivity index is 1.52. The van der Waals surface area contributed by atoms with Crippen molar-refractivity contribution in [1.82, 2.24) is 4.90 Å². The van der Waals surface area contributed by atoms with Crippen LogP contribution in [0.2, 0.25) is 0 Å². The summed E-state index contributed by atoms with van der Waals surface area (Å²) in [5.41, 5.74) is 1.44. The molecule has 2 saturated heterocycles. The lowest BCUT2D eigenvalue weighted by molar-refractivity contribution is 0.00370. The van der Waals surface area contributed by atoms with Gasteiger partial charge in [-0.05, 0) is 26.3 Å². The number of ether oxygens (including phenoxy) is 2. The molecule has 1 amide bonds. The lowest BCUT2D eigenvalue weighted by Gasteiger charge is -2.23. The number of furan rings is 1. The number of fused-ring (bicyclic) bond motifs is 1. The fourth-order valence-corrected chi connectivity index (χ4v) is 3.97. The van der Waals surface area contributed by atoms with Crippen molar-refractivity contribution in [3.63, 3.8) is 0 Å². The molecule has 0 saturated carbocycles. The molecule has 4 rings (SSSR count). The van der Waals surface area contributed by atoms with E-state index in [1.807, 2.05) is 43.0 Å². The first-order valence-corrected chi connectivity index (χ1v) is 8.65. The number of rotatable bonds is 3. The van der Waals surface area contributed by atoms with Crippen LogP contribution in [0, 0.1) is 6.92 Å². The maximum atomic E-state index is 12.9. The molecule has 0 bridgehead atoms. The Morgan fingerprint density at radius 2 is 2.25 bits per heavy atom. The summed E-state index contributed by atoms with van der Waals surface area (Å²) in [5.74, 6) is 0.414. The quantitative estimate of drug-likeness (QED) is 0.868. The third-order valence-corrected chi connectivity index (χ3v) is 5.22. The Bertz CT molecular complexity index is 768. The molecule has 1 aromatic carbocycles. The first-order valence-electron chi connectivity index (χ1n) is 8.65. The number of amides is 1. The van der Waals surface area contributed by atoms with Gasteiger partial charge in [-0.25, -0.2) is 0 Å². The van der Waals surface area contributed by atoms with Gasteiger partial charge in [0.1, 0.15) is 5.58 Å². The first-order chi connectivity index (χ1) is 11.6. The second kappa shape index (κ2) is 5.90. The van der Waals surface area contributed by atoms with E-state index in [1.165, 1.54) is 0 Å². The molecule has 2 atom stereocenters. The molecule has 0 aliphatic carbocycles. The van der Waals surface area contributed by atoms with Crippen LogP contribution in [0.5, 0.6) is 0 Å². The van der Waals surface area contributed by atoms with Crippen LogP contribution in [0.4, 0.5) is 0 Å². The minimum atomic E-state index is -0.241. The SMILES string of the molecule is CCO[C@@H]1CO[C@@]2(CCN(C(=O)c3oc4ccccc4c3C)C2)C1. The number of likely N-dealkylation sites (tertiary alicyclic amines) is 1. The number of benzene rings is 1. The largest absolute Gasteiger partial charge is 0.451 e. The number of para-hydroxylation sites is 1. The van der Waals surface area contributed by atoms with E-state index in [0.29, 0.717) is 32.1 Å². The van der Waals surface area contributed by atoms with Gasteiger partial charge in [0.05, 0.1) is 24.9 Å². The van der Waals surface area contributed by atoms with E-state index >= 15 is 0 Å². The van der Waals surface area contributed by atoms with Gasteiger partial charge in [0.25, 0.3) is 5.91 Å². The van der Waals surface area contributed by atoms with E-state index < -0.39 is 0 Å². The van der Waals surface area contributed by atoms with Crippen molar-refractivity contribution < 1.29 is 18.7 Å². The molecule has 3 heterocycles. The van der Waals surface area contributed by atoms with Crippen molar-refractivity contribution in [2.24, 2.45) is 0 Å². The van der Waals surface area contributed by atoms with Crippen molar-refractivity contribution >= 4 is 16.9 Å². The molecule has 2 aliphatic rings. The monoisotopic (exact) mass is 329 g/mol. The van der Waals surface area contributed by atoms with Crippen LogP contribution in [-0.2, 0) is 9.47 Å². The average molecular weight is 329 g/mol. The molecule has 0 radical (unpaired) electrons.